The van der Waals surface area contributed by atoms with Crippen molar-refractivity contribution >= 4 is 28.9 Å². The highest BCUT2D eigenvalue weighted by Gasteiger charge is 2.21. The van der Waals surface area contributed by atoms with Crippen molar-refractivity contribution in [3.63, 3.8) is 0 Å². The van der Waals surface area contributed by atoms with Crippen molar-refractivity contribution in [2.24, 2.45) is 0 Å². The van der Waals surface area contributed by atoms with Gasteiger partial charge in [-0.15, -0.1) is 0 Å². The minimum atomic E-state index is -0.607. The molecular formula is C23H20N2O5. The minimum absolute atomic E-state index is 0.252. The summed E-state index contributed by atoms with van der Waals surface area (Å²) in [4.78, 5) is 28.2. The number of hydrogen-bond acceptors (Lipinski definition) is 6. The van der Waals surface area contributed by atoms with E-state index in [0.29, 0.717) is 18.1 Å². The molecule has 7 nitrogen and oxygen atoms in total. The Bertz CT molecular complexity index is 1090. The standard InChI is InChI=1S/C23H20N2O5/c26-21(25-13-18-14-28-19-8-1-2-9-20(19)30-18)15-29-22(27)11-10-17-6-3-5-16-7-4-12-24-23(16)17/h1-12,18H,13-15H2,(H,25,26). The number of aromatic nitrogens is 1. The van der Waals surface area contributed by atoms with Crippen molar-refractivity contribution in [1.29, 1.82) is 0 Å². The number of ether oxygens (including phenoxy) is 3. The summed E-state index contributed by atoms with van der Waals surface area (Å²) in [5.74, 6) is 0.306. The molecule has 0 bridgehead atoms. The Morgan fingerprint density at radius 1 is 1.10 bits per heavy atom. The Morgan fingerprint density at radius 3 is 2.83 bits per heavy atom. The molecule has 0 radical (unpaired) electrons. The van der Waals surface area contributed by atoms with Crippen molar-refractivity contribution in [3.8, 4) is 11.5 Å². The Morgan fingerprint density at radius 2 is 1.93 bits per heavy atom. The van der Waals surface area contributed by atoms with Crippen LogP contribution in [0.15, 0.2) is 66.9 Å². The highest BCUT2D eigenvalue weighted by atomic mass is 16.6. The van der Waals surface area contributed by atoms with Gasteiger partial charge in [0.25, 0.3) is 5.91 Å². The molecule has 1 unspecified atom stereocenters. The molecule has 1 aromatic heterocycles. The molecule has 0 saturated carbocycles. The van der Waals surface area contributed by atoms with Crippen LogP contribution in [0.5, 0.6) is 11.5 Å². The number of nitrogens with one attached hydrogen (secondary N) is 1. The van der Waals surface area contributed by atoms with Gasteiger partial charge in [-0.1, -0.05) is 36.4 Å². The molecule has 2 aromatic carbocycles. The first-order chi connectivity index (χ1) is 14.7. The molecule has 4 rings (SSSR count). The molecule has 1 atom stereocenters. The summed E-state index contributed by atoms with van der Waals surface area (Å²) >= 11 is 0. The van der Waals surface area contributed by atoms with Crippen molar-refractivity contribution in [3.05, 3.63) is 72.4 Å². The zero-order valence-corrected chi connectivity index (χ0v) is 16.1. The lowest BCUT2D eigenvalue weighted by Crippen LogP contribution is -2.42. The monoisotopic (exact) mass is 404 g/mol. The normalized spacial score (nSPS) is 15.1. The van der Waals surface area contributed by atoms with Gasteiger partial charge in [0.2, 0.25) is 0 Å². The Labute approximate surface area is 173 Å². The van der Waals surface area contributed by atoms with Crippen LogP contribution < -0.4 is 14.8 Å². The molecule has 2 heterocycles. The molecule has 0 saturated heterocycles. The number of fused-ring (bicyclic) bond motifs is 2. The summed E-state index contributed by atoms with van der Waals surface area (Å²) in [7, 11) is 0. The molecule has 1 N–H and O–H groups in total. The van der Waals surface area contributed by atoms with Gasteiger partial charge in [-0.05, 0) is 24.3 Å². The molecule has 30 heavy (non-hydrogen) atoms. The van der Waals surface area contributed by atoms with Gasteiger partial charge in [-0.2, -0.15) is 0 Å². The van der Waals surface area contributed by atoms with E-state index in [2.05, 4.69) is 10.3 Å². The van der Waals surface area contributed by atoms with Crippen LogP contribution in [0.2, 0.25) is 0 Å². The maximum Gasteiger partial charge on any atom is 0.331 e. The number of esters is 1. The van der Waals surface area contributed by atoms with Gasteiger partial charge in [-0.3, -0.25) is 9.78 Å². The minimum Gasteiger partial charge on any atom is -0.486 e. The van der Waals surface area contributed by atoms with Crippen LogP contribution in [0.3, 0.4) is 0 Å². The van der Waals surface area contributed by atoms with Crippen molar-refractivity contribution in [2.75, 3.05) is 19.8 Å². The second kappa shape index (κ2) is 9.09. The van der Waals surface area contributed by atoms with E-state index in [1.807, 2.05) is 54.6 Å². The molecule has 1 aliphatic heterocycles. The van der Waals surface area contributed by atoms with Gasteiger partial charge in [0, 0.05) is 23.2 Å². The Balaban J connectivity index is 1.23. The zero-order chi connectivity index (χ0) is 20.8. The molecular weight excluding hydrogens is 384 g/mol. The molecule has 0 fully saturated rings. The number of carbonyl (C=O) groups excluding carboxylic acids is 2. The largest absolute Gasteiger partial charge is 0.486 e. The summed E-state index contributed by atoms with van der Waals surface area (Å²) in [5.41, 5.74) is 1.59. The van der Waals surface area contributed by atoms with Crippen LogP contribution in [-0.4, -0.2) is 42.7 Å². The third-order valence-corrected chi connectivity index (χ3v) is 4.50. The zero-order valence-electron chi connectivity index (χ0n) is 16.1. The van der Waals surface area contributed by atoms with Gasteiger partial charge in [0.15, 0.2) is 18.1 Å². The fourth-order valence-electron chi connectivity index (χ4n) is 3.05. The van der Waals surface area contributed by atoms with E-state index in [1.165, 1.54) is 6.08 Å². The van der Waals surface area contributed by atoms with Crippen LogP contribution >= 0.6 is 0 Å². The number of para-hydroxylation sites is 3. The maximum absolute atomic E-state index is 12.0. The molecule has 0 aliphatic carbocycles. The SMILES string of the molecule is O=C(COC(=O)C=Cc1cccc2cccnc12)NCC1COc2ccccc2O1. The number of pyridine rings is 1. The lowest BCUT2D eigenvalue weighted by molar-refractivity contribution is -0.143. The van der Waals surface area contributed by atoms with Crippen molar-refractivity contribution in [2.45, 2.75) is 6.10 Å². The van der Waals surface area contributed by atoms with E-state index in [0.717, 1.165) is 16.5 Å². The smallest absolute Gasteiger partial charge is 0.331 e. The summed E-state index contributed by atoms with van der Waals surface area (Å²) in [6.45, 7) is 0.211. The number of amides is 1. The Kier molecular flexibility index (Phi) is 5.89. The van der Waals surface area contributed by atoms with Crippen molar-refractivity contribution in [1.82, 2.24) is 10.3 Å². The topological polar surface area (TPSA) is 86.8 Å². The summed E-state index contributed by atoms with van der Waals surface area (Å²) in [6.07, 6.45) is 4.30. The number of carbonyl (C=O) groups is 2. The van der Waals surface area contributed by atoms with E-state index < -0.39 is 11.9 Å². The van der Waals surface area contributed by atoms with Crippen LogP contribution in [0.25, 0.3) is 17.0 Å². The van der Waals surface area contributed by atoms with Crippen LogP contribution in [0.4, 0.5) is 0 Å². The summed E-state index contributed by atoms with van der Waals surface area (Å²) in [5, 5.41) is 3.66. The molecule has 3 aromatic rings. The predicted octanol–water partition coefficient (Wildman–Crippen LogP) is 2.75. The molecule has 152 valence electrons. The molecule has 0 spiro atoms. The van der Waals surface area contributed by atoms with Crippen LogP contribution in [0.1, 0.15) is 5.56 Å². The van der Waals surface area contributed by atoms with E-state index in [1.54, 1.807) is 12.3 Å². The number of nitrogens with zero attached hydrogens (tertiary/aromatic N) is 1. The molecule has 1 amide bonds. The maximum atomic E-state index is 12.0. The van der Waals surface area contributed by atoms with Gasteiger partial charge in [0.05, 0.1) is 12.1 Å². The second-order valence-electron chi connectivity index (χ2n) is 6.67. The predicted molar refractivity (Wildman–Crippen MR) is 111 cm³/mol. The quantitative estimate of drug-likeness (QED) is 0.502. The van der Waals surface area contributed by atoms with Crippen molar-refractivity contribution < 1.29 is 23.8 Å². The van der Waals surface area contributed by atoms with E-state index in [4.69, 9.17) is 14.2 Å². The third kappa shape index (κ3) is 4.75. The summed E-state index contributed by atoms with van der Waals surface area (Å²) < 4.78 is 16.4. The lowest BCUT2D eigenvalue weighted by atomic mass is 10.1. The fourth-order valence-corrected chi connectivity index (χ4v) is 3.05. The van der Waals surface area contributed by atoms with Gasteiger partial charge in [-0.25, -0.2) is 4.79 Å². The average Bonchev–Trinajstić information content (AvgIpc) is 2.79. The lowest BCUT2D eigenvalue weighted by Gasteiger charge is -2.26. The first-order valence-electron chi connectivity index (χ1n) is 9.53. The average molecular weight is 404 g/mol. The van der Waals surface area contributed by atoms with Gasteiger partial charge < -0.3 is 19.5 Å². The second-order valence-corrected chi connectivity index (χ2v) is 6.67. The fraction of sp³-hybridized carbons (Fsp3) is 0.174. The number of rotatable bonds is 6. The highest BCUT2D eigenvalue weighted by molar-refractivity contribution is 5.93. The molecule has 1 aliphatic rings. The van der Waals surface area contributed by atoms with Crippen LogP contribution in [0, 0.1) is 0 Å². The first kappa shape index (κ1) is 19.4. The van der Waals surface area contributed by atoms with Gasteiger partial charge >= 0.3 is 5.97 Å². The van der Waals surface area contributed by atoms with E-state index >= 15 is 0 Å². The third-order valence-electron chi connectivity index (χ3n) is 4.50. The molecule has 7 heteroatoms. The highest BCUT2D eigenvalue weighted by Crippen LogP contribution is 2.30. The van der Waals surface area contributed by atoms with Gasteiger partial charge in [0.1, 0.15) is 12.7 Å². The van der Waals surface area contributed by atoms with Crippen LogP contribution in [-0.2, 0) is 14.3 Å². The van der Waals surface area contributed by atoms with E-state index in [9.17, 15) is 9.59 Å². The number of benzene rings is 2. The van der Waals surface area contributed by atoms with E-state index in [-0.39, 0.29) is 19.3 Å². The first-order valence-corrected chi connectivity index (χ1v) is 9.53. The summed E-state index contributed by atoms with van der Waals surface area (Å²) in [6, 6.07) is 16.8. The number of hydrogen-bond donors (Lipinski definition) is 1. The Hall–Kier alpha value is -3.87.